The number of aryl methyl sites for hydroxylation is 2. The molecule has 0 atom stereocenters. The number of nitrogens with zero attached hydrogens (tertiary/aromatic N) is 2. The molecule has 2 aromatic carbocycles. The molecule has 1 aliphatic heterocycles. The van der Waals surface area contributed by atoms with Gasteiger partial charge in [0.2, 0.25) is 0 Å². The lowest BCUT2D eigenvalue weighted by molar-refractivity contribution is -0.123. The van der Waals surface area contributed by atoms with E-state index in [-0.39, 0.29) is 11.1 Å². The molecule has 1 saturated heterocycles. The SMILES string of the molecule is Cc1cccc(CN2C(=O)S/C(=C\c3cn(C)c4ccccc34)C2=O)c1. The van der Waals surface area contributed by atoms with Gasteiger partial charge >= 0.3 is 0 Å². The van der Waals surface area contributed by atoms with E-state index in [4.69, 9.17) is 0 Å². The fraction of sp³-hybridized carbons (Fsp3) is 0.143. The molecule has 0 N–H and O–H groups in total. The molecule has 0 saturated carbocycles. The Morgan fingerprint density at radius 2 is 1.88 bits per heavy atom. The van der Waals surface area contributed by atoms with Crippen LogP contribution in [0.5, 0.6) is 0 Å². The van der Waals surface area contributed by atoms with E-state index in [1.165, 1.54) is 4.90 Å². The Bertz CT molecular complexity index is 1060. The van der Waals surface area contributed by atoms with Crippen molar-refractivity contribution >= 4 is 39.9 Å². The van der Waals surface area contributed by atoms with Crippen molar-refractivity contribution in [3.05, 3.63) is 76.3 Å². The van der Waals surface area contributed by atoms with Gasteiger partial charge in [-0.3, -0.25) is 14.5 Å². The summed E-state index contributed by atoms with van der Waals surface area (Å²) in [5.74, 6) is -0.227. The molecule has 0 aliphatic carbocycles. The van der Waals surface area contributed by atoms with Crippen molar-refractivity contribution in [2.24, 2.45) is 7.05 Å². The fourth-order valence-corrected chi connectivity index (χ4v) is 4.09. The van der Waals surface area contributed by atoms with Crippen molar-refractivity contribution in [2.45, 2.75) is 13.5 Å². The topological polar surface area (TPSA) is 42.3 Å². The quantitative estimate of drug-likeness (QED) is 0.633. The maximum atomic E-state index is 12.8. The molecule has 1 aromatic heterocycles. The zero-order valence-corrected chi connectivity index (χ0v) is 15.4. The van der Waals surface area contributed by atoms with Gasteiger partial charge in [0, 0.05) is 29.7 Å². The average Bonchev–Trinajstić information content (AvgIpc) is 3.07. The Morgan fingerprint density at radius 1 is 1.08 bits per heavy atom. The van der Waals surface area contributed by atoms with Crippen LogP contribution in [-0.4, -0.2) is 20.6 Å². The minimum atomic E-state index is -0.227. The summed E-state index contributed by atoms with van der Waals surface area (Å²) in [6.07, 6.45) is 3.81. The summed E-state index contributed by atoms with van der Waals surface area (Å²) in [6, 6.07) is 15.9. The Morgan fingerprint density at radius 3 is 2.69 bits per heavy atom. The molecular formula is C21H18N2O2S. The Labute approximate surface area is 156 Å². The van der Waals surface area contributed by atoms with Crippen molar-refractivity contribution in [3.8, 4) is 0 Å². The van der Waals surface area contributed by atoms with Crippen LogP contribution in [-0.2, 0) is 18.4 Å². The van der Waals surface area contributed by atoms with E-state index < -0.39 is 0 Å². The van der Waals surface area contributed by atoms with Crippen molar-refractivity contribution in [3.63, 3.8) is 0 Å². The second-order valence-electron chi connectivity index (χ2n) is 6.47. The van der Waals surface area contributed by atoms with E-state index in [1.807, 2.05) is 79.3 Å². The van der Waals surface area contributed by atoms with Crippen LogP contribution in [0.25, 0.3) is 17.0 Å². The van der Waals surface area contributed by atoms with E-state index >= 15 is 0 Å². The van der Waals surface area contributed by atoms with Gasteiger partial charge < -0.3 is 4.57 Å². The first kappa shape index (κ1) is 16.7. The van der Waals surface area contributed by atoms with Gasteiger partial charge in [0.25, 0.3) is 11.1 Å². The summed E-state index contributed by atoms with van der Waals surface area (Å²) in [6.45, 7) is 2.30. The van der Waals surface area contributed by atoms with Crippen LogP contribution in [0.1, 0.15) is 16.7 Å². The normalized spacial score (nSPS) is 16.2. The molecule has 5 heteroatoms. The van der Waals surface area contributed by atoms with Gasteiger partial charge in [-0.15, -0.1) is 0 Å². The number of carbonyl (C=O) groups is 2. The highest BCUT2D eigenvalue weighted by Gasteiger charge is 2.35. The minimum Gasteiger partial charge on any atom is -0.350 e. The Hall–Kier alpha value is -2.79. The van der Waals surface area contributed by atoms with Crippen molar-refractivity contribution in [2.75, 3.05) is 0 Å². The number of hydrogen-bond acceptors (Lipinski definition) is 3. The maximum absolute atomic E-state index is 12.8. The third-order valence-electron chi connectivity index (χ3n) is 4.51. The minimum absolute atomic E-state index is 0.219. The van der Waals surface area contributed by atoms with Gasteiger partial charge in [-0.1, -0.05) is 48.0 Å². The van der Waals surface area contributed by atoms with Crippen LogP contribution in [0.4, 0.5) is 4.79 Å². The van der Waals surface area contributed by atoms with Crippen molar-refractivity contribution in [1.82, 2.24) is 9.47 Å². The van der Waals surface area contributed by atoms with E-state index in [9.17, 15) is 9.59 Å². The molecule has 4 nitrogen and oxygen atoms in total. The Kier molecular flexibility index (Phi) is 4.17. The molecule has 0 spiro atoms. The number of thioether (sulfide) groups is 1. The second-order valence-corrected chi connectivity index (χ2v) is 7.46. The highest BCUT2D eigenvalue weighted by Crippen LogP contribution is 2.34. The van der Waals surface area contributed by atoms with E-state index in [1.54, 1.807) is 0 Å². The van der Waals surface area contributed by atoms with Gasteiger partial charge in [-0.2, -0.15) is 0 Å². The zero-order valence-electron chi connectivity index (χ0n) is 14.6. The number of carbonyl (C=O) groups excluding carboxylic acids is 2. The standard InChI is InChI=1S/C21H18N2O2S/c1-14-6-5-7-15(10-14)12-23-20(24)19(26-21(23)25)11-16-13-22(2)18-9-4-3-8-17(16)18/h3-11,13H,12H2,1-2H3/b19-11-. The smallest absolute Gasteiger partial charge is 0.293 e. The number of hydrogen-bond donors (Lipinski definition) is 0. The molecule has 0 bridgehead atoms. The summed E-state index contributed by atoms with van der Waals surface area (Å²) < 4.78 is 2.03. The van der Waals surface area contributed by atoms with E-state index in [0.29, 0.717) is 11.4 Å². The molecule has 1 aliphatic rings. The van der Waals surface area contributed by atoms with Gasteiger partial charge in [-0.05, 0) is 36.4 Å². The third-order valence-corrected chi connectivity index (χ3v) is 5.42. The molecule has 0 radical (unpaired) electrons. The molecule has 26 heavy (non-hydrogen) atoms. The van der Waals surface area contributed by atoms with Gasteiger partial charge in [0.15, 0.2) is 0 Å². The fourth-order valence-electron chi connectivity index (χ4n) is 3.26. The highest BCUT2D eigenvalue weighted by atomic mass is 32.2. The van der Waals surface area contributed by atoms with Crippen molar-refractivity contribution < 1.29 is 9.59 Å². The number of imide groups is 1. The maximum Gasteiger partial charge on any atom is 0.293 e. The lowest BCUT2D eigenvalue weighted by atomic mass is 10.1. The molecule has 0 unspecified atom stereocenters. The summed E-state index contributed by atoms with van der Waals surface area (Å²) >= 11 is 1.01. The number of rotatable bonds is 3. The van der Waals surface area contributed by atoms with Crippen LogP contribution >= 0.6 is 11.8 Å². The number of para-hydroxylation sites is 1. The highest BCUT2D eigenvalue weighted by molar-refractivity contribution is 8.18. The first-order chi connectivity index (χ1) is 12.5. The molecule has 2 heterocycles. The first-order valence-electron chi connectivity index (χ1n) is 8.38. The molecule has 2 amide bonds. The average molecular weight is 362 g/mol. The molecule has 4 rings (SSSR count). The third kappa shape index (κ3) is 2.95. The predicted octanol–water partition coefficient (Wildman–Crippen LogP) is 4.72. The molecule has 130 valence electrons. The van der Waals surface area contributed by atoms with Crippen molar-refractivity contribution in [1.29, 1.82) is 0 Å². The largest absolute Gasteiger partial charge is 0.350 e. The predicted molar refractivity (Wildman–Crippen MR) is 106 cm³/mol. The number of fused-ring (bicyclic) bond motifs is 1. The molecule has 1 fully saturated rings. The van der Waals surface area contributed by atoms with Gasteiger partial charge in [-0.25, -0.2) is 0 Å². The van der Waals surface area contributed by atoms with Crippen LogP contribution in [0.15, 0.2) is 59.6 Å². The second kappa shape index (κ2) is 6.50. The van der Waals surface area contributed by atoms with E-state index in [0.717, 1.165) is 39.4 Å². The van der Waals surface area contributed by atoms with Gasteiger partial charge in [0.1, 0.15) is 0 Å². The molecule has 3 aromatic rings. The number of aromatic nitrogens is 1. The van der Waals surface area contributed by atoms with Crippen LogP contribution < -0.4 is 0 Å². The lowest BCUT2D eigenvalue weighted by Crippen LogP contribution is -2.27. The summed E-state index contributed by atoms with van der Waals surface area (Å²) in [5, 5.41) is 0.850. The lowest BCUT2D eigenvalue weighted by Gasteiger charge is -2.12. The van der Waals surface area contributed by atoms with E-state index in [2.05, 4.69) is 0 Å². The summed E-state index contributed by atoms with van der Waals surface area (Å²) in [5.41, 5.74) is 4.11. The number of amides is 2. The van der Waals surface area contributed by atoms with Crippen LogP contribution in [0, 0.1) is 6.92 Å². The van der Waals surface area contributed by atoms with Gasteiger partial charge in [0.05, 0.1) is 11.4 Å². The zero-order chi connectivity index (χ0) is 18.3. The molecular weight excluding hydrogens is 344 g/mol. The summed E-state index contributed by atoms with van der Waals surface area (Å²) in [4.78, 5) is 26.9. The Balaban J connectivity index is 1.65. The van der Waals surface area contributed by atoms with Crippen LogP contribution in [0.2, 0.25) is 0 Å². The van der Waals surface area contributed by atoms with Crippen LogP contribution in [0.3, 0.4) is 0 Å². The number of benzene rings is 2. The first-order valence-corrected chi connectivity index (χ1v) is 9.19. The summed E-state index contributed by atoms with van der Waals surface area (Å²) in [7, 11) is 1.98. The monoisotopic (exact) mass is 362 g/mol.